The molecule has 1 unspecified atom stereocenters. The van der Waals surface area contributed by atoms with Gasteiger partial charge < -0.3 is 10.1 Å². The molecule has 0 fully saturated rings. The number of rotatable bonds is 1. The van der Waals surface area contributed by atoms with Gasteiger partial charge in [0.25, 0.3) is 0 Å². The minimum Gasteiger partial charge on any atom is -0.444 e. The lowest BCUT2D eigenvalue weighted by Crippen LogP contribution is -2.41. The number of carbonyl (C=O) groups is 1. The number of aryl methyl sites for hydroxylation is 1. The van der Waals surface area contributed by atoms with E-state index in [4.69, 9.17) is 4.74 Å². The van der Waals surface area contributed by atoms with E-state index in [1.165, 1.54) is 14.0 Å². The van der Waals surface area contributed by atoms with Gasteiger partial charge in [-0.3, -0.25) is 0 Å². The van der Waals surface area contributed by atoms with Crippen LogP contribution in [0.15, 0.2) is 5.38 Å². The van der Waals surface area contributed by atoms with Crippen LogP contribution in [0.4, 0.5) is 4.79 Å². The number of hydrogen-bond acceptors (Lipinski definition) is 3. The quantitative estimate of drug-likeness (QED) is 0.756. The number of alkyl carbamates (subject to hydrolysis) is 1. The summed E-state index contributed by atoms with van der Waals surface area (Å²) in [5.74, 6) is 0. The highest BCUT2D eigenvalue weighted by Crippen LogP contribution is 2.31. The van der Waals surface area contributed by atoms with E-state index in [1.807, 2.05) is 32.1 Å². The third-order valence-corrected chi connectivity index (χ3v) is 5.29. The normalized spacial score (nSPS) is 19.2. The van der Waals surface area contributed by atoms with Gasteiger partial charge in [-0.15, -0.1) is 11.3 Å². The number of fused-ring (bicyclic) bond motifs is 1. The molecule has 0 bridgehead atoms. The molecule has 1 aliphatic carbocycles. The van der Waals surface area contributed by atoms with Gasteiger partial charge in [0.05, 0.1) is 0 Å². The molecule has 3 nitrogen and oxygen atoms in total. The van der Waals surface area contributed by atoms with E-state index < -0.39 is 5.60 Å². The number of amides is 1. The lowest BCUT2D eigenvalue weighted by molar-refractivity contribution is 0.0500. The third-order valence-electron chi connectivity index (χ3n) is 2.82. The molecule has 0 radical (unpaired) electrons. The average molecular weight is 379 g/mol. The van der Waals surface area contributed by atoms with Gasteiger partial charge in [0.1, 0.15) is 5.60 Å². The number of nitrogens with one attached hydrogen (secondary N) is 1. The highest BCUT2D eigenvalue weighted by Gasteiger charge is 2.25. The highest BCUT2D eigenvalue weighted by atomic mass is 127. The van der Waals surface area contributed by atoms with Gasteiger partial charge in [-0.25, -0.2) is 4.79 Å². The van der Waals surface area contributed by atoms with Crippen LogP contribution in [0.2, 0.25) is 0 Å². The van der Waals surface area contributed by atoms with Crippen molar-refractivity contribution in [1.82, 2.24) is 5.32 Å². The highest BCUT2D eigenvalue weighted by molar-refractivity contribution is 14.1. The van der Waals surface area contributed by atoms with Crippen LogP contribution in [0.3, 0.4) is 0 Å². The van der Waals surface area contributed by atoms with E-state index in [0.29, 0.717) is 0 Å². The molecule has 1 heterocycles. The van der Waals surface area contributed by atoms with Gasteiger partial charge in [-0.1, -0.05) is 0 Å². The molecule has 2 rings (SSSR count). The lowest BCUT2D eigenvalue weighted by Gasteiger charge is -2.26. The average Bonchev–Trinajstić information content (AvgIpc) is 2.57. The van der Waals surface area contributed by atoms with Crippen LogP contribution in [-0.2, 0) is 17.6 Å². The van der Waals surface area contributed by atoms with Crippen molar-refractivity contribution in [3.8, 4) is 0 Å². The fraction of sp³-hybridized carbons (Fsp3) is 0.615. The van der Waals surface area contributed by atoms with Crippen molar-refractivity contribution in [2.24, 2.45) is 0 Å². The third kappa shape index (κ3) is 3.60. The van der Waals surface area contributed by atoms with Gasteiger partial charge in [0.15, 0.2) is 0 Å². The second-order valence-electron chi connectivity index (χ2n) is 5.57. The lowest BCUT2D eigenvalue weighted by atomic mass is 9.95. The zero-order valence-electron chi connectivity index (χ0n) is 10.9. The van der Waals surface area contributed by atoms with E-state index in [1.54, 1.807) is 0 Å². The number of halogens is 1. The second-order valence-corrected chi connectivity index (χ2v) is 7.70. The van der Waals surface area contributed by atoms with Crippen LogP contribution in [0.25, 0.3) is 0 Å². The summed E-state index contributed by atoms with van der Waals surface area (Å²) < 4.78 is 6.61. The van der Waals surface area contributed by atoms with Crippen molar-refractivity contribution in [2.45, 2.75) is 51.7 Å². The minimum absolute atomic E-state index is 0.204. The molecule has 1 atom stereocenters. The molecule has 0 saturated heterocycles. The van der Waals surface area contributed by atoms with Crippen LogP contribution in [0, 0.1) is 3.57 Å². The smallest absolute Gasteiger partial charge is 0.407 e. The van der Waals surface area contributed by atoms with E-state index in [-0.39, 0.29) is 12.1 Å². The topological polar surface area (TPSA) is 38.3 Å². The zero-order valence-corrected chi connectivity index (χ0v) is 13.9. The van der Waals surface area contributed by atoms with E-state index in [2.05, 4.69) is 33.3 Å². The fourth-order valence-electron chi connectivity index (χ4n) is 2.07. The molecular weight excluding hydrogens is 361 g/mol. The molecule has 1 aliphatic rings. The molecule has 18 heavy (non-hydrogen) atoms. The van der Waals surface area contributed by atoms with E-state index in [0.717, 1.165) is 19.3 Å². The summed E-state index contributed by atoms with van der Waals surface area (Å²) >= 11 is 4.20. The molecule has 0 aliphatic heterocycles. The van der Waals surface area contributed by atoms with Crippen molar-refractivity contribution in [3.63, 3.8) is 0 Å². The predicted molar refractivity (Wildman–Crippen MR) is 82.2 cm³/mol. The Kier molecular flexibility index (Phi) is 4.21. The summed E-state index contributed by atoms with van der Waals surface area (Å²) in [6.45, 7) is 5.65. The Hall–Kier alpha value is -0.300. The largest absolute Gasteiger partial charge is 0.444 e. The molecule has 0 aromatic carbocycles. The number of carbonyl (C=O) groups excluding carboxylic acids is 1. The van der Waals surface area contributed by atoms with Crippen LogP contribution >= 0.6 is 33.9 Å². The summed E-state index contributed by atoms with van der Waals surface area (Å²) in [5.41, 5.74) is 0.980. The van der Waals surface area contributed by atoms with E-state index >= 15 is 0 Å². The van der Waals surface area contributed by atoms with Crippen molar-refractivity contribution in [2.75, 3.05) is 0 Å². The summed E-state index contributed by atoms with van der Waals surface area (Å²) in [6, 6.07) is 0.204. The predicted octanol–water partition coefficient (Wildman–Crippen LogP) is 3.73. The van der Waals surface area contributed by atoms with Crippen molar-refractivity contribution in [3.05, 3.63) is 19.4 Å². The van der Waals surface area contributed by atoms with Crippen LogP contribution in [0.1, 0.15) is 37.6 Å². The molecule has 100 valence electrons. The Morgan fingerprint density at radius 2 is 2.28 bits per heavy atom. The van der Waals surface area contributed by atoms with Crippen LogP contribution < -0.4 is 5.32 Å². The van der Waals surface area contributed by atoms with Gasteiger partial charge in [0, 0.05) is 19.9 Å². The summed E-state index contributed by atoms with van der Waals surface area (Å²) in [5, 5.41) is 5.17. The summed E-state index contributed by atoms with van der Waals surface area (Å²) in [4.78, 5) is 13.2. The zero-order chi connectivity index (χ0) is 13.3. The molecule has 1 N–H and O–H groups in total. The first-order valence-corrected chi connectivity index (χ1v) is 8.05. The van der Waals surface area contributed by atoms with Crippen molar-refractivity contribution < 1.29 is 9.53 Å². The monoisotopic (exact) mass is 379 g/mol. The molecule has 1 aromatic heterocycles. The number of thiophene rings is 1. The van der Waals surface area contributed by atoms with E-state index in [9.17, 15) is 4.79 Å². The molecular formula is C13H18INO2S. The summed E-state index contributed by atoms with van der Waals surface area (Å²) in [7, 11) is 0. The first-order chi connectivity index (χ1) is 8.35. The molecule has 1 aromatic rings. The minimum atomic E-state index is -0.430. The first kappa shape index (κ1) is 14.1. The van der Waals surface area contributed by atoms with Gasteiger partial charge in [-0.05, 0) is 68.2 Å². The van der Waals surface area contributed by atoms with Crippen LogP contribution in [0.5, 0.6) is 0 Å². The number of hydrogen-bond donors (Lipinski definition) is 1. The Balaban J connectivity index is 1.94. The maximum atomic E-state index is 11.7. The maximum Gasteiger partial charge on any atom is 0.407 e. The Labute approximate surface area is 125 Å². The summed E-state index contributed by atoms with van der Waals surface area (Å²) in [6.07, 6.45) is 2.68. The molecule has 1 amide bonds. The van der Waals surface area contributed by atoms with Gasteiger partial charge in [0.2, 0.25) is 0 Å². The maximum absolute atomic E-state index is 11.7. The number of ether oxygens (including phenoxy) is 1. The van der Waals surface area contributed by atoms with Gasteiger partial charge >= 0.3 is 6.09 Å². The Bertz CT molecular complexity index is 450. The molecule has 5 heteroatoms. The second kappa shape index (κ2) is 5.36. The Morgan fingerprint density at radius 1 is 1.56 bits per heavy atom. The fourth-order valence-corrected chi connectivity index (χ4v) is 4.14. The van der Waals surface area contributed by atoms with Crippen molar-refractivity contribution in [1.29, 1.82) is 0 Å². The molecule has 0 spiro atoms. The SMILES string of the molecule is CC(C)(C)OC(=O)NC1CCc2scc(I)c2C1. The van der Waals surface area contributed by atoms with Crippen molar-refractivity contribution >= 4 is 40.0 Å². The Morgan fingerprint density at radius 3 is 2.94 bits per heavy atom. The molecule has 0 saturated carbocycles. The standard InChI is InChI=1S/C13H18INO2S/c1-13(2,3)17-12(16)15-8-4-5-11-9(6-8)10(14)7-18-11/h7-8H,4-6H2,1-3H3,(H,15,16). The van der Waals surface area contributed by atoms with Gasteiger partial charge in [-0.2, -0.15) is 0 Å². The first-order valence-electron chi connectivity index (χ1n) is 6.09. The van der Waals surface area contributed by atoms with Crippen LogP contribution in [-0.4, -0.2) is 17.7 Å².